The molecule has 0 unspecified atom stereocenters. The number of benzene rings is 1. The van der Waals surface area contributed by atoms with Crippen molar-refractivity contribution in [3.8, 4) is 0 Å². The van der Waals surface area contributed by atoms with E-state index in [1.807, 2.05) is 55.5 Å². The van der Waals surface area contributed by atoms with E-state index in [-0.39, 0.29) is 11.2 Å². The van der Waals surface area contributed by atoms with Gasteiger partial charge < -0.3 is 9.73 Å². The van der Waals surface area contributed by atoms with Crippen LogP contribution in [-0.4, -0.2) is 25.8 Å². The van der Waals surface area contributed by atoms with E-state index in [9.17, 15) is 4.79 Å². The molecule has 1 N–H and O–H groups in total. The number of thioether (sulfide) groups is 1. The van der Waals surface area contributed by atoms with E-state index in [4.69, 9.17) is 4.42 Å². The van der Waals surface area contributed by atoms with Crippen LogP contribution >= 0.6 is 11.8 Å². The van der Waals surface area contributed by atoms with Crippen molar-refractivity contribution < 1.29 is 9.21 Å². The van der Waals surface area contributed by atoms with Crippen molar-refractivity contribution in [1.29, 1.82) is 0 Å². The molecule has 0 aliphatic heterocycles. The Kier molecular flexibility index (Phi) is 4.61. The first-order valence-electron chi connectivity index (χ1n) is 8.81. The fourth-order valence-electron chi connectivity index (χ4n) is 3.04. The SMILES string of the molecule is CC[C@@H](Sc1nncn2c1cc1occc12)C(=O)Nc1cc(C)ccc1C. The number of nitrogens with one attached hydrogen (secondary N) is 1. The van der Waals surface area contributed by atoms with Crippen LogP contribution in [0.3, 0.4) is 0 Å². The standard InChI is InChI=1S/C20H20N4O2S/c1-4-18(19(25)22-14-9-12(2)5-6-13(14)3)27-20-16-10-17-15(7-8-26-17)24(16)11-21-23-20/h5-11,18H,4H2,1-3H3,(H,22,25)/t18-/m1/s1. The molecule has 6 nitrogen and oxygen atoms in total. The normalized spacial score (nSPS) is 12.6. The summed E-state index contributed by atoms with van der Waals surface area (Å²) in [5, 5.41) is 11.9. The molecule has 1 aromatic carbocycles. The number of fused-ring (bicyclic) bond motifs is 3. The van der Waals surface area contributed by atoms with E-state index in [2.05, 4.69) is 15.5 Å². The minimum absolute atomic E-state index is 0.0322. The number of nitrogens with zero attached hydrogens (tertiary/aromatic N) is 3. The molecule has 3 aromatic heterocycles. The third kappa shape index (κ3) is 3.30. The zero-order chi connectivity index (χ0) is 19.0. The summed E-state index contributed by atoms with van der Waals surface area (Å²) >= 11 is 1.43. The summed E-state index contributed by atoms with van der Waals surface area (Å²) in [6.45, 7) is 6.00. The predicted molar refractivity (Wildman–Crippen MR) is 107 cm³/mol. The minimum atomic E-state index is -0.272. The van der Waals surface area contributed by atoms with E-state index in [1.165, 1.54) is 11.8 Å². The van der Waals surface area contributed by atoms with Gasteiger partial charge in [0.1, 0.15) is 11.4 Å². The lowest BCUT2D eigenvalue weighted by Gasteiger charge is -2.16. The molecule has 4 rings (SSSR count). The molecule has 0 fully saturated rings. The van der Waals surface area contributed by atoms with Gasteiger partial charge in [-0.15, -0.1) is 10.2 Å². The van der Waals surface area contributed by atoms with Crippen LogP contribution in [0.2, 0.25) is 0 Å². The second kappa shape index (κ2) is 7.08. The average Bonchev–Trinajstić information content (AvgIpc) is 3.24. The number of rotatable bonds is 5. The summed E-state index contributed by atoms with van der Waals surface area (Å²) < 4.78 is 7.41. The van der Waals surface area contributed by atoms with Gasteiger partial charge in [-0.25, -0.2) is 0 Å². The average molecular weight is 380 g/mol. The molecule has 0 spiro atoms. The minimum Gasteiger partial charge on any atom is -0.463 e. The van der Waals surface area contributed by atoms with Crippen LogP contribution in [-0.2, 0) is 4.79 Å². The van der Waals surface area contributed by atoms with Gasteiger partial charge in [0.15, 0.2) is 5.58 Å². The molecule has 27 heavy (non-hydrogen) atoms. The molecule has 1 amide bonds. The number of amides is 1. The van der Waals surface area contributed by atoms with Gasteiger partial charge in [-0.2, -0.15) is 0 Å². The topological polar surface area (TPSA) is 72.4 Å². The highest BCUT2D eigenvalue weighted by atomic mass is 32.2. The van der Waals surface area contributed by atoms with Gasteiger partial charge in [0.05, 0.1) is 22.5 Å². The Balaban J connectivity index is 1.61. The summed E-state index contributed by atoms with van der Waals surface area (Å²) in [6, 6.07) is 9.87. The summed E-state index contributed by atoms with van der Waals surface area (Å²) in [7, 11) is 0. The van der Waals surface area contributed by atoms with Crippen molar-refractivity contribution in [3.63, 3.8) is 0 Å². The third-order valence-corrected chi connectivity index (χ3v) is 5.91. The molecule has 138 valence electrons. The molecule has 1 atom stereocenters. The number of carbonyl (C=O) groups excluding carboxylic acids is 1. The molecule has 0 saturated heterocycles. The van der Waals surface area contributed by atoms with Gasteiger partial charge in [-0.05, 0) is 37.5 Å². The second-order valence-corrected chi connectivity index (χ2v) is 7.72. The van der Waals surface area contributed by atoms with Crippen LogP contribution in [0.1, 0.15) is 24.5 Å². The first-order chi connectivity index (χ1) is 13.1. The lowest BCUT2D eigenvalue weighted by molar-refractivity contribution is -0.115. The number of carbonyl (C=O) groups is 1. The molecular formula is C20H20N4O2S. The molecule has 0 bridgehead atoms. The fraction of sp³-hybridized carbons (Fsp3) is 0.250. The summed E-state index contributed by atoms with van der Waals surface area (Å²) in [5.74, 6) is -0.0322. The Morgan fingerprint density at radius 2 is 2.11 bits per heavy atom. The smallest absolute Gasteiger partial charge is 0.237 e. The van der Waals surface area contributed by atoms with Gasteiger partial charge in [-0.3, -0.25) is 9.20 Å². The van der Waals surface area contributed by atoms with Crippen molar-refractivity contribution in [2.24, 2.45) is 0 Å². The van der Waals surface area contributed by atoms with Crippen molar-refractivity contribution >= 4 is 40.0 Å². The number of hydrogen-bond donors (Lipinski definition) is 1. The van der Waals surface area contributed by atoms with Gasteiger partial charge in [0, 0.05) is 17.8 Å². The zero-order valence-electron chi connectivity index (χ0n) is 15.4. The maximum atomic E-state index is 12.9. The van der Waals surface area contributed by atoms with Crippen molar-refractivity contribution in [3.05, 3.63) is 54.0 Å². The van der Waals surface area contributed by atoms with E-state index < -0.39 is 0 Å². The van der Waals surface area contributed by atoms with Crippen molar-refractivity contribution in [2.45, 2.75) is 37.5 Å². The van der Waals surface area contributed by atoms with Crippen LogP contribution in [0.15, 0.2) is 52.4 Å². The molecular weight excluding hydrogens is 360 g/mol. The molecule has 0 aliphatic carbocycles. The molecule has 7 heteroatoms. The van der Waals surface area contributed by atoms with Gasteiger partial charge >= 0.3 is 0 Å². The maximum Gasteiger partial charge on any atom is 0.237 e. The lowest BCUT2D eigenvalue weighted by Crippen LogP contribution is -2.25. The predicted octanol–water partition coefficient (Wildman–Crippen LogP) is 4.60. The highest BCUT2D eigenvalue weighted by molar-refractivity contribution is 8.00. The fourth-order valence-corrected chi connectivity index (χ4v) is 4.01. The first kappa shape index (κ1) is 17.6. The summed E-state index contributed by atoms with van der Waals surface area (Å²) in [5.41, 5.74) is 5.62. The van der Waals surface area contributed by atoms with Crippen molar-refractivity contribution in [2.75, 3.05) is 5.32 Å². The highest BCUT2D eigenvalue weighted by Crippen LogP contribution is 2.31. The van der Waals surface area contributed by atoms with Gasteiger partial charge in [-0.1, -0.05) is 30.8 Å². The monoisotopic (exact) mass is 380 g/mol. The molecule has 0 aliphatic rings. The lowest BCUT2D eigenvalue weighted by atomic mass is 10.1. The number of hydrogen-bond acceptors (Lipinski definition) is 5. The Morgan fingerprint density at radius 1 is 1.26 bits per heavy atom. The van der Waals surface area contributed by atoms with E-state index in [0.717, 1.165) is 33.4 Å². The van der Waals surface area contributed by atoms with E-state index >= 15 is 0 Å². The Hall–Kier alpha value is -2.80. The number of anilines is 1. The molecule has 3 heterocycles. The van der Waals surface area contributed by atoms with Crippen LogP contribution in [0.25, 0.3) is 16.6 Å². The van der Waals surface area contributed by atoms with Gasteiger partial charge in [0.25, 0.3) is 0 Å². The Labute approximate surface area is 161 Å². The Morgan fingerprint density at radius 3 is 2.93 bits per heavy atom. The highest BCUT2D eigenvalue weighted by Gasteiger charge is 2.22. The zero-order valence-corrected chi connectivity index (χ0v) is 16.2. The van der Waals surface area contributed by atoms with Crippen LogP contribution in [0.4, 0.5) is 5.69 Å². The Bertz CT molecular complexity index is 1130. The van der Waals surface area contributed by atoms with Crippen LogP contribution < -0.4 is 5.32 Å². The number of aryl methyl sites for hydroxylation is 2. The molecule has 0 saturated carbocycles. The quantitative estimate of drug-likeness (QED) is 0.512. The number of furan rings is 1. The number of aromatic nitrogens is 3. The molecule has 4 aromatic rings. The molecule has 0 radical (unpaired) electrons. The van der Waals surface area contributed by atoms with E-state index in [0.29, 0.717) is 11.4 Å². The van der Waals surface area contributed by atoms with Gasteiger partial charge in [0.2, 0.25) is 5.91 Å². The largest absolute Gasteiger partial charge is 0.463 e. The summed E-state index contributed by atoms with van der Waals surface area (Å²) in [4.78, 5) is 12.9. The van der Waals surface area contributed by atoms with Crippen LogP contribution in [0.5, 0.6) is 0 Å². The van der Waals surface area contributed by atoms with E-state index in [1.54, 1.807) is 12.6 Å². The van der Waals surface area contributed by atoms with Crippen LogP contribution in [0, 0.1) is 13.8 Å². The first-order valence-corrected chi connectivity index (χ1v) is 9.69. The second-order valence-electron chi connectivity index (χ2n) is 6.53. The summed E-state index contributed by atoms with van der Waals surface area (Å²) in [6.07, 6.45) is 3.99. The maximum absolute atomic E-state index is 12.9. The third-order valence-electron chi connectivity index (χ3n) is 4.56. The van der Waals surface area contributed by atoms with Crippen molar-refractivity contribution in [1.82, 2.24) is 14.6 Å².